The van der Waals surface area contributed by atoms with Crippen molar-refractivity contribution in [2.24, 2.45) is 5.73 Å². The smallest absolute Gasteiger partial charge is 0.269 e. The lowest BCUT2D eigenvalue weighted by molar-refractivity contribution is -0.134. The highest BCUT2D eigenvalue weighted by molar-refractivity contribution is 5.85. The number of rotatable bonds is 5. The van der Waals surface area contributed by atoms with Crippen LogP contribution in [0.5, 0.6) is 5.75 Å². The second kappa shape index (κ2) is 8.67. The summed E-state index contributed by atoms with van der Waals surface area (Å²) in [6, 6.07) is 14.1. The minimum atomic E-state index is -0.437. The molecule has 1 fully saturated rings. The molecule has 2 aromatic carbocycles. The van der Waals surface area contributed by atoms with E-state index in [-0.39, 0.29) is 18.1 Å². The molecule has 30 heavy (non-hydrogen) atoms. The average Bonchev–Trinajstić information content (AvgIpc) is 2.78. The zero-order chi connectivity index (χ0) is 21.1. The summed E-state index contributed by atoms with van der Waals surface area (Å²) in [6.07, 6.45) is 3.19. The van der Waals surface area contributed by atoms with Gasteiger partial charge in [0.1, 0.15) is 17.0 Å². The number of carbonyl (C=O) groups excluding carboxylic acids is 1. The zero-order valence-electron chi connectivity index (χ0n) is 17.1. The van der Waals surface area contributed by atoms with Crippen LogP contribution in [-0.4, -0.2) is 40.1 Å². The van der Waals surface area contributed by atoms with Crippen LogP contribution in [-0.2, 0) is 4.79 Å². The normalized spacial score (nSPS) is 15.2. The molecule has 1 saturated heterocycles. The molecular formula is C23H26N4O3. The number of ether oxygens (including phenoxy) is 1. The average molecular weight is 406 g/mol. The van der Waals surface area contributed by atoms with E-state index in [0.29, 0.717) is 28.2 Å². The highest BCUT2D eigenvalue weighted by Gasteiger charge is 2.20. The lowest BCUT2D eigenvalue weighted by Crippen LogP contribution is -2.38. The Kier molecular flexibility index (Phi) is 5.81. The molecule has 0 radical (unpaired) electrons. The second-order valence-electron chi connectivity index (χ2n) is 7.62. The molecule has 3 aromatic rings. The van der Waals surface area contributed by atoms with Crippen molar-refractivity contribution in [2.75, 3.05) is 19.7 Å². The van der Waals surface area contributed by atoms with Crippen LogP contribution in [0.4, 0.5) is 0 Å². The first-order chi connectivity index (χ1) is 14.6. The van der Waals surface area contributed by atoms with Crippen molar-refractivity contribution in [1.29, 1.82) is 0 Å². The van der Waals surface area contributed by atoms with Crippen molar-refractivity contribution in [3.8, 4) is 11.4 Å². The number of hydrogen-bond acceptors (Lipinski definition) is 5. The summed E-state index contributed by atoms with van der Waals surface area (Å²) < 4.78 is 7.35. The number of aromatic nitrogens is 2. The summed E-state index contributed by atoms with van der Waals surface area (Å²) >= 11 is 0. The SMILES string of the molecule is C[C@H](N)c1nc2cccc(OCC(=O)N3CCCCC3)c2c(=O)n1-c1ccccc1. The van der Waals surface area contributed by atoms with Crippen LogP contribution in [0.25, 0.3) is 16.6 Å². The van der Waals surface area contributed by atoms with Crippen molar-refractivity contribution in [2.45, 2.75) is 32.2 Å². The Morgan fingerprint density at radius 3 is 2.53 bits per heavy atom. The van der Waals surface area contributed by atoms with Gasteiger partial charge in [-0.3, -0.25) is 14.2 Å². The summed E-state index contributed by atoms with van der Waals surface area (Å²) in [5.41, 5.74) is 7.05. The topological polar surface area (TPSA) is 90.5 Å². The van der Waals surface area contributed by atoms with E-state index in [2.05, 4.69) is 4.98 Å². The molecule has 0 spiro atoms. The third kappa shape index (κ3) is 3.93. The molecule has 0 bridgehead atoms. The van der Waals surface area contributed by atoms with Gasteiger partial charge < -0.3 is 15.4 Å². The summed E-state index contributed by atoms with van der Waals surface area (Å²) in [5, 5.41) is 0.345. The molecule has 1 aromatic heterocycles. The second-order valence-corrected chi connectivity index (χ2v) is 7.62. The van der Waals surface area contributed by atoms with E-state index in [1.807, 2.05) is 35.2 Å². The standard InChI is InChI=1S/C23H26N4O3/c1-16(24)22-25-18-11-8-12-19(30-15-20(28)26-13-6-3-7-14-26)21(18)23(29)27(22)17-9-4-2-5-10-17/h2,4-5,8-12,16H,3,6-7,13-15,24H2,1H3/t16-/m0/s1. The molecule has 7 nitrogen and oxygen atoms in total. The molecule has 1 atom stereocenters. The Labute approximate surface area is 175 Å². The summed E-state index contributed by atoms with van der Waals surface area (Å²) in [6.45, 7) is 3.22. The third-order valence-electron chi connectivity index (χ3n) is 5.37. The van der Waals surface area contributed by atoms with Gasteiger partial charge in [-0.2, -0.15) is 0 Å². The summed E-state index contributed by atoms with van der Waals surface area (Å²) in [7, 11) is 0. The Bertz CT molecular complexity index is 1100. The largest absolute Gasteiger partial charge is 0.483 e. The number of para-hydroxylation sites is 1. The molecule has 2 N–H and O–H groups in total. The molecule has 1 aliphatic rings. The molecular weight excluding hydrogens is 380 g/mol. The number of hydrogen-bond donors (Lipinski definition) is 1. The third-order valence-corrected chi connectivity index (χ3v) is 5.37. The number of amides is 1. The first-order valence-electron chi connectivity index (χ1n) is 10.3. The summed E-state index contributed by atoms with van der Waals surface area (Å²) in [4.78, 5) is 32.5. The number of piperidine rings is 1. The molecule has 156 valence electrons. The van der Waals surface area contributed by atoms with Crippen LogP contribution in [0, 0.1) is 0 Å². The van der Waals surface area contributed by atoms with E-state index in [0.717, 1.165) is 32.4 Å². The molecule has 7 heteroatoms. The van der Waals surface area contributed by atoms with E-state index in [1.54, 1.807) is 25.1 Å². The van der Waals surface area contributed by atoms with Gasteiger partial charge in [-0.1, -0.05) is 24.3 Å². The maximum Gasteiger partial charge on any atom is 0.269 e. The highest BCUT2D eigenvalue weighted by atomic mass is 16.5. The van der Waals surface area contributed by atoms with Crippen LogP contribution in [0.2, 0.25) is 0 Å². The number of nitrogens with zero attached hydrogens (tertiary/aromatic N) is 3. The molecule has 2 heterocycles. The first-order valence-corrected chi connectivity index (χ1v) is 10.3. The van der Waals surface area contributed by atoms with E-state index >= 15 is 0 Å². The van der Waals surface area contributed by atoms with Gasteiger partial charge in [0, 0.05) is 13.1 Å². The molecule has 1 aliphatic heterocycles. The Hall–Kier alpha value is -3.19. The Balaban J connectivity index is 1.75. The Morgan fingerprint density at radius 2 is 1.83 bits per heavy atom. The van der Waals surface area contributed by atoms with Gasteiger partial charge in [-0.25, -0.2) is 4.98 Å². The fourth-order valence-electron chi connectivity index (χ4n) is 3.84. The Morgan fingerprint density at radius 1 is 1.10 bits per heavy atom. The van der Waals surface area contributed by atoms with Crippen LogP contribution < -0.4 is 16.0 Å². The van der Waals surface area contributed by atoms with E-state index < -0.39 is 6.04 Å². The zero-order valence-corrected chi connectivity index (χ0v) is 17.1. The van der Waals surface area contributed by atoms with Crippen molar-refractivity contribution in [3.63, 3.8) is 0 Å². The predicted molar refractivity (Wildman–Crippen MR) is 116 cm³/mol. The van der Waals surface area contributed by atoms with Gasteiger partial charge in [0.25, 0.3) is 11.5 Å². The maximum atomic E-state index is 13.5. The van der Waals surface area contributed by atoms with Crippen LogP contribution in [0.1, 0.15) is 38.1 Å². The number of benzene rings is 2. The first kappa shape index (κ1) is 20.1. The minimum Gasteiger partial charge on any atom is -0.483 e. The van der Waals surface area contributed by atoms with Gasteiger partial charge >= 0.3 is 0 Å². The lowest BCUT2D eigenvalue weighted by Gasteiger charge is -2.26. The fraction of sp³-hybridized carbons (Fsp3) is 0.348. The monoisotopic (exact) mass is 406 g/mol. The van der Waals surface area contributed by atoms with E-state index in [1.165, 1.54) is 4.57 Å². The van der Waals surface area contributed by atoms with Crippen molar-refractivity contribution >= 4 is 16.8 Å². The minimum absolute atomic E-state index is 0.0600. The number of fused-ring (bicyclic) bond motifs is 1. The lowest BCUT2D eigenvalue weighted by atomic mass is 10.1. The van der Waals surface area contributed by atoms with Crippen LogP contribution in [0.3, 0.4) is 0 Å². The fourth-order valence-corrected chi connectivity index (χ4v) is 3.84. The van der Waals surface area contributed by atoms with Crippen molar-refractivity contribution in [3.05, 3.63) is 64.7 Å². The number of likely N-dealkylation sites (tertiary alicyclic amines) is 1. The molecule has 0 aliphatic carbocycles. The van der Waals surface area contributed by atoms with Gasteiger partial charge in [-0.05, 0) is 50.5 Å². The number of nitrogens with two attached hydrogens (primary N) is 1. The van der Waals surface area contributed by atoms with Crippen LogP contribution in [0.15, 0.2) is 53.3 Å². The van der Waals surface area contributed by atoms with Crippen molar-refractivity contribution < 1.29 is 9.53 Å². The molecule has 4 rings (SSSR count). The molecule has 1 amide bonds. The van der Waals surface area contributed by atoms with Crippen LogP contribution >= 0.6 is 0 Å². The summed E-state index contributed by atoms with van der Waals surface area (Å²) in [5.74, 6) is 0.770. The van der Waals surface area contributed by atoms with E-state index in [4.69, 9.17) is 10.5 Å². The van der Waals surface area contributed by atoms with E-state index in [9.17, 15) is 9.59 Å². The predicted octanol–water partition coefficient (Wildman–Crippen LogP) is 2.80. The highest BCUT2D eigenvalue weighted by Crippen LogP contribution is 2.24. The molecule has 0 saturated carbocycles. The van der Waals surface area contributed by atoms with Gasteiger partial charge in [0.2, 0.25) is 0 Å². The molecule has 0 unspecified atom stereocenters. The van der Waals surface area contributed by atoms with Gasteiger partial charge in [-0.15, -0.1) is 0 Å². The maximum absolute atomic E-state index is 13.5. The van der Waals surface area contributed by atoms with Crippen molar-refractivity contribution in [1.82, 2.24) is 14.5 Å². The van der Waals surface area contributed by atoms with Gasteiger partial charge in [0.15, 0.2) is 6.61 Å². The van der Waals surface area contributed by atoms with Gasteiger partial charge in [0.05, 0.1) is 17.2 Å². The quantitative estimate of drug-likeness (QED) is 0.704. The number of carbonyl (C=O) groups is 1.